The van der Waals surface area contributed by atoms with Crippen LogP contribution in [0.4, 0.5) is 0 Å². The molecule has 118 valence electrons. The van der Waals surface area contributed by atoms with Crippen LogP contribution in [0.25, 0.3) is 0 Å². The predicted molar refractivity (Wildman–Crippen MR) is 89.8 cm³/mol. The Bertz CT molecular complexity index is 425. The molecule has 0 heterocycles. The minimum Gasteiger partial charge on any atom is -0.491 e. The van der Waals surface area contributed by atoms with Crippen molar-refractivity contribution in [2.24, 2.45) is 5.41 Å². The maximum atomic E-state index is 5.70. The zero-order valence-electron chi connectivity index (χ0n) is 14.3. The first-order valence-corrected chi connectivity index (χ1v) is 8.38. The molecule has 2 nitrogen and oxygen atoms in total. The molecule has 1 N–H and O–H groups in total. The summed E-state index contributed by atoms with van der Waals surface area (Å²) in [5.74, 6) is 0.959. The second-order valence-electron chi connectivity index (χ2n) is 7.56. The summed E-state index contributed by atoms with van der Waals surface area (Å²) in [4.78, 5) is 0. The first-order valence-electron chi connectivity index (χ1n) is 8.38. The fraction of sp³-hybridized carbons (Fsp3) is 0.684. The van der Waals surface area contributed by atoms with Crippen LogP contribution in [-0.4, -0.2) is 12.1 Å². The molecule has 1 aliphatic rings. The number of ether oxygens (including phenoxy) is 1. The molecule has 0 amide bonds. The fourth-order valence-corrected chi connectivity index (χ4v) is 3.12. The van der Waals surface area contributed by atoms with Gasteiger partial charge in [-0.1, -0.05) is 26.0 Å². The zero-order valence-corrected chi connectivity index (χ0v) is 14.3. The lowest BCUT2D eigenvalue weighted by molar-refractivity contribution is 0.200. The maximum absolute atomic E-state index is 5.70. The highest BCUT2D eigenvalue weighted by atomic mass is 16.5. The summed E-state index contributed by atoms with van der Waals surface area (Å²) < 4.78 is 5.70. The molecular weight excluding hydrogens is 258 g/mol. The summed E-state index contributed by atoms with van der Waals surface area (Å²) in [7, 11) is 0. The standard InChI is InChI=1S/C19H31NO/c1-14(2)21-18-8-6-16(7-9-18)15(3)20-17-10-12-19(4,5)13-11-17/h6-9,14-15,17,20H,10-13H2,1-5H3. The first kappa shape index (κ1) is 16.4. The highest BCUT2D eigenvalue weighted by Gasteiger charge is 2.27. The van der Waals surface area contributed by atoms with Crippen LogP contribution in [-0.2, 0) is 0 Å². The number of nitrogens with one attached hydrogen (secondary N) is 1. The summed E-state index contributed by atoms with van der Waals surface area (Å²) in [5, 5.41) is 3.79. The Kier molecular flexibility index (Phi) is 5.32. The van der Waals surface area contributed by atoms with Gasteiger partial charge >= 0.3 is 0 Å². The van der Waals surface area contributed by atoms with Gasteiger partial charge in [0.05, 0.1) is 6.10 Å². The predicted octanol–water partition coefficient (Wildman–Crippen LogP) is 5.09. The highest BCUT2D eigenvalue weighted by Crippen LogP contribution is 2.35. The largest absolute Gasteiger partial charge is 0.491 e. The molecule has 1 atom stereocenters. The topological polar surface area (TPSA) is 21.3 Å². The van der Waals surface area contributed by atoms with E-state index in [1.807, 2.05) is 0 Å². The van der Waals surface area contributed by atoms with Gasteiger partial charge in [0.2, 0.25) is 0 Å². The average Bonchev–Trinajstić information content (AvgIpc) is 2.41. The summed E-state index contributed by atoms with van der Waals surface area (Å²) in [5.41, 5.74) is 1.88. The Morgan fingerprint density at radius 2 is 1.62 bits per heavy atom. The van der Waals surface area contributed by atoms with Gasteiger partial charge in [0.1, 0.15) is 5.75 Å². The maximum Gasteiger partial charge on any atom is 0.119 e. The summed E-state index contributed by atoms with van der Waals surface area (Å²) in [6.07, 6.45) is 5.49. The van der Waals surface area contributed by atoms with Crippen LogP contribution in [0.1, 0.15) is 71.9 Å². The Morgan fingerprint density at radius 3 is 2.14 bits per heavy atom. The third-order valence-corrected chi connectivity index (χ3v) is 4.58. The Morgan fingerprint density at radius 1 is 1.05 bits per heavy atom. The zero-order chi connectivity index (χ0) is 15.5. The molecule has 1 aliphatic carbocycles. The third-order valence-electron chi connectivity index (χ3n) is 4.58. The van der Waals surface area contributed by atoms with Gasteiger partial charge < -0.3 is 10.1 Å². The average molecular weight is 289 g/mol. The van der Waals surface area contributed by atoms with Crippen LogP contribution < -0.4 is 10.1 Å². The first-order chi connectivity index (χ1) is 9.85. The summed E-state index contributed by atoms with van der Waals surface area (Å²) >= 11 is 0. The molecule has 0 aromatic heterocycles. The van der Waals surface area contributed by atoms with E-state index < -0.39 is 0 Å². The van der Waals surface area contributed by atoms with E-state index >= 15 is 0 Å². The molecule has 1 unspecified atom stereocenters. The summed E-state index contributed by atoms with van der Waals surface area (Å²) in [6.45, 7) is 11.2. The van der Waals surface area contributed by atoms with Crippen molar-refractivity contribution in [1.82, 2.24) is 5.32 Å². The molecule has 0 saturated heterocycles. The Labute approximate surface area is 130 Å². The van der Waals surface area contributed by atoms with Crippen molar-refractivity contribution < 1.29 is 4.74 Å². The van der Waals surface area contributed by atoms with Gasteiger partial charge in [0.25, 0.3) is 0 Å². The highest BCUT2D eigenvalue weighted by molar-refractivity contribution is 5.29. The summed E-state index contributed by atoms with van der Waals surface area (Å²) in [6, 6.07) is 9.60. The van der Waals surface area contributed by atoms with Gasteiger partial charge in [-0.15, -0.1) is 0 Å². The molecule has 0 aliphatic heterocycles. The smallest absolute Gasteiger partial charge is 0.119 e. The number of benzene rings is 1. The minimum absolute atomic E-state index is 0.233. The van der Waals surface area contributed by atoms with Crippen molar-refractivity contribution in [2.75, 3.05) is 0 Å². The van der Waals surface area contributed by atoms with Crippen molar-refractivity contribution in [2.45, 2.75) is 78.5 Å². The molecule has 2 rings (SSSR count). The van der Waals surface area contributed by atoms with Crippen LogP contribution in [0.2, 0.25) is 0 Å². The molecule has 1 fully saturated rings. The van der Waals surface area contributed by atoms with Gasteiger partial charge in [-0.2, -0.15) is 0 Å². The van der Waals surface area contributed by atoms with Gasteiger partial charge in [-0.05, 0) is 69.6 Å². The van der Waals surface area contributed by atoms with Gasteiger partial charge in [-0.25, -0.2) is 0 Å². The Hall–Kier alpha value is -1.02. The van der Waals surface area contributed by atoms with Crippen molar-refractivity contribution in [3.8, 4) is 5.75 Å². The molecule has 0 bridgehead atoms. The van der Waals surface area contributed by atoms with Crippen LogP contribution in [0, 0.1) is 5.41 Å². The van der Waals surface area contributed by atoms with E-state index in [0.29, 0.717) is 17.5 Å². The molecule has 21 heavy (non-hydrogen) atoms. The molecule has 1 aromatic carbocycles. The van der Waals surface area contributed by atoms with Gasteiger partial charge in [-0.3, -0.25) is 0 Å². The molecule has 2 heteroatoms. The van der Waals surface area contributed by atoms with Crippen molar-refractivity contribution in [3.05, 3.63) is 29.8 Å². The normalized spacial score (nSPS) is 20.5. The van der Waals surface area contributed by atoms with E-state index in [-0.39, 0.29) is 6.10 Å². The number of hydrogen-bond donors (Lipinski definition) is 1. The minimum atomic E-state index is 0.233. The van der Waals surface area contributed by atoms with Crippen LogP contribution in [0.15, 0.2) is 24.3 Å². The van der Waals surface area contributed by atoms with E-state index in [2.05, 4.69) is 64.2 Å². The van der Waals surface area contributed by atoms with E-state index in [1.54, 1.807) is 0 Å². The lowest BCUT2D eigenvalue weighted by Crippen LogP contribution is -2.37. The van der Waals surface area contributed by atoms with Gasteiger partial charge in [0.15, 0.2) is 0 Å². The van der Waals surface area contributed by atoms with Crippen LogP contribution in [0.3, 0.4) is 0 Å². The van der Waals surface area contributed by atoms with E-state index in [4.69, 9.17) is 4.74 Å². The van der Waals surface area contributed by atoms with E-state index in [1.165, 1.54) is 31.2 Å². The van der Waals surface area contributed by atoms with Crippen LogP contribution >= 0.6 is 0 Å². The van der Waals surface area contributed by atoms with E-state index in [9.17, 15) is 0 Å². The SMILES string of the molecule is CC(C)Oc1ccc(C(C)NC2CCC(C)(C)CC2)cc1. The molecule has 1 saturated carbocycles. The fourth-order valence-electron chi connectivity index (χ4n) is 3.12. The molecule has 1 aromatic rings. The van der Waals surface area contributed by atoms with Crippen molar-refractivity contribution in [3.63, 3.8) is 0 Å². The number of rotatable bonds is 5. The van der Waals surface area contributed by atoms with E-state index in [0.717, 1.165) is 5.75 Å². The molecule has 0 radical (unpaired) electrons. The lowest BCUT2D eigenvalue weighted by Gasteiger charge is -2.36. The quantitative estimate of drug-likeness (QED) is 0.815. The van der Waals surface area contributed by atoms with Gasteiger partial charge in [0, 0.05) is 12.1 Å². The second kappa shape index (κ2) is 6.83. The lowest BCUT2D eigenvalue weighted by atomic mass is 9.75. The van der Waals surface area contributed by atoms with Crippen molar-refractivity contribution >= 4 is 0 Å². The van der Waals surface area contributed by atoms with Crippen LogP contribution in [0.5, 0.6) is 5.75 Å². The third kappa shape index (κ3) is 5.03. The second-order valence-corrected chi connectivity index (χ2v) is 7.56. The van der Waals surface area contributed by atoms with Crippen molar-refractivity contribution in [1.29, 1.82) is 0 Å². The monoisotopic (exact) mass is 289 g/mol. The molecular formula is C19H31NO. The molecule has 0 spiro atoms. The number of hydrogen-bond acceptors (Lipinski definition) is 2. The Balaban J connectivity index is 1.87.